The highest BCUT2D eigenvalue weighted by atomic mass is 19.1. The zero-order valence-electron chi connectivity index (χ0n) is 16.5. The molecule has 0 spiro atoms. The van der Waals surface area contributed by atoms with Crippen molar-refractivity contribution in [2.75, 3.05) is 11.4 Å². The van der Waals surface area contributed by atoms with Crippen molar-refractivity contribution < 1.29 is 14.0 Å². The molecule has 0 aromatic heterocycles. The Morgan fingerprint density at radius 1 is 0.931 bits per heavy atom. The van der Waals surface area contributed by atoms with Gasteiger partial charge in [-0.1, -0.05) is 24.3 Å². The Kier molecular flexibility index (Phi) is 6.39. The van der Waals surface area contributed by atoms with Crippen molar-refractivity contribution in [2.45, 2.75) is 20.4 Å². The van der Waals surface area contributed by atoms with Gasteiger partial charge in [0.2, 0.25) is 0 Å². The molecular formula is C24H23FN2O2. The number of carbonyl (C=O) groups is 2. The highest BCUT2D eigenvalue weighted by molar-refractivity contribution is 6.06. The molecule has 5 heteroatoms. The quantitative estimate of drug-likeness (QED) is 0.661. The molecule has 0 fully saturated rings. The number of aryl methyl sites for hydroxylation is 1. The summed E-state index contributed by atoms with van der Waals surface area (Å²) in [4.78, 5) is 26.9. The second-order valence-electron chi connectivity index (χ2n) is 6.77. The van der Waals surface area contributed by atoms with Gasteiger partial charge in [-0.25, -0.2) is 4.39 Å². The zero-order valence-corrected chi connectivity index (χ0v) is 16.5. The highest BCUT2D eigenvalue weighted by Gasteiger charge is 2.17. The van der Waals surface area contributed by atoms with Gasteiger partial charge in [0.05, 0.1) is 0 Å². The molecule has 148 valence electrons. The van der Waals surface area contributed by atoms with E-state index in [9.17, 15) is 14.0 Å². The second kappa shape index (κ2) is 9.15. The minimum Gasteiger partial charge on any atom is -0.348 e. The molecule has 4 nitrogen and oxygen atoms in total. The Hall–Kier alpha value is -3.47. The van der Waals surface area contributed by atoms with E-state index in [-0.39, 0.29) is 17.6 Å². The topological polar surface area (TPSA) is 49.4 Å². The number of nitrogens with one attached hydrogen (secondary N) is 1. The van der Waals surface area contributed by atoms with E-state index in [4.69, 9.17) is 0 Å². The first-order valence-electron chi connectivity index (χ1n) is 9.49. The third kappa shape index (κ3) is 5.08. The lowest BCUT2D eigenvalue weighted by atomic mass is 10.1. The molecule has 1 N–H and O–H groups in total. The maximum Gasteiger partial charge on any atom is 0.258 e. The van der Waals surface area contributed by atoms with Crippen LogP contribution in [0.2, 0.25) is 0 Å². The summed E-state index contributed by atoms with van der Waals surface area (Å²) in [7, 11) is 0. The van der Waals surface area contributed by atoms with Crippen LogP contribution < -0.4 is 10.2 Å². The van der Waals surface area contributed by atoms with Gasteiger partial charge in [-0.05, 0) is 73.5 Å². The SMILES string of the molecule is CCN(C(=O)c1ccc(C(=O)NCc2ccc(F)cc2)cc1)c1cccc(C)c1. The lowest BCUT2D eigenvalue weighted by molar-refractivity contribution is 0.0947. The van der Waals surface area contributed by atoms with Gasteiger partial charge >= 0.3 is 0 Å². The predicted octanol–water partition coefficient (Wildman–Crippen LogP) is 4.73. The lowest BCUT2D eigenvalue weighted by Gasteiger charge is -2.21. The molecule has 2 amide bonds. The Bertz CT molecular complexity index is 998. The first kappa shape index (κ1) is 20.3. The van der Waals surface area contributed by atoms with E-state index >= 15 is 0 Å². The van der Waals surface area contributed by atoms with Crippen LogP contribution in [-0.2, 0) is 6.54 Å². The van der Waals surface area contributed by atoms with Gasteiger partial charge < -0.3 is 10.2 Å². The first-order chi connectivity index (χ1) is 14.0. The molecule has 3 aromatic carbocycles. The number of amides is 2. The lowest BCUT2D eigenvalue weighted by Crippen LogP contribution is -2.30. The Labute approximate surface area is 170 Å². The molecule has 29 heavy (non-hydrogen) atoms. The van der Waals surface area contributed by atoms with Gasteiger partial charge in [0.1, 0.15) is 5.82 Å². The fourth-order valence-electron chi connectivity index (χ4n) is 3.05. The molecule has 0 heterocycles. The third-order valence-corrected chi connectivity index (χ3v) is 4.64. The molecule has 3 aromatic rings. The van der Waals surface area contributed by atoms with Crippen LogP contribution in [0.25, 0.3) is 0 Å². The van der Waals surface area contributed by atoms with Gasteiger partial charge in [0.15, 0.2) is 0 Å². The number of rotatable bonds is 6. The van der Waals surface area contributed by atoms with Crippen LogP contribution >= 0.6 is 0 Å². The van der Waals surface area contributed by atoms with E-state index in [0.29, 0.717) is 24.2 Å². The molecule has 3 rings (SSSR count). The number of nitrogens with zero attached hydrogens (tertiary/aromatic N) is 1. The molecular weight excluding hydrogens is 367 g/mol. The van der Waals surface area contributed by atoms with E-state index in [0.717, 1.165) is 16.8 Å². The van der Waals surface area contributed by atoms with Crippen LogP contribution in [-0.4, -0.2) is 18.4 Å². The maximum atomic E-state index is 12.9. The first-order valence-corrected chi connectivity index (χ1v) is 9.49. The minimum atomic E-state index is -0.313. The maximum absolute atomic E-state index is 12.9. The largest absolute Gasteiger partial charge is 0.348 e. The normalized spacial score (nSPS) is 10.4. The summed E-state index contributed by atoms with van der Waals surface area (Å²) in [5.74, 6) is -0.678. The number of hydrogen-bond acceptors (Lipinski definition) is 2. The average molecular weight is 390 g/mol. The van der Waals surface area contributed by atoms with Crippen molar-refractivity contribution in [3.05, 3.63) is 101 Å². The standard InChI is InChI=1S/C24H23FN2O2/c1-3-27(22-6-4-5-17(2)15-22)24(29)20-11-9-19(10-12-20)23(28)26-16-18-7-13-21(25)14-8-18/h4-15H,3,16H2,1-2H3,(H,26,28). The van der Waals surface area contributed by atoms with Crippen molar-refractivity contribution in [2.24, 2.45) is 0 Å². The van der Waals surface area contributed by atoms with Crippen LogP contribution in [0.5, 0.6) is 0 Å². The second-order valence-corrected chi connectivity index (χ2v) is 6.77. The monoisotopic (exact) mass is 390 g/mol. The third-order valence-electron chi connectivity index (χ3n) is 4.64. The fraction of sp³-hybridized carbons (Fsp3) is 0.167. The molecule has 0 saturated heterocycles. The Balaban J connectivity index is 1.67. The number of anilines is 1. The van der Waals surface area contributed by atoms with E-state index in [2.05, 4.69) is 5.32 Å². The number of carbonyl (C=O) groups excluding carboxylic acids is 2. The zero-order chi connectivity index (χ0) is 20.8. The van der Waals surface area contributed by atoms with E-state index < -0.39 is 0 Å². The molecule has 0 aliphatic heterocycles. The summed E-state index contributed by atoms with van der Waals surface area (Å²) in [5.41, 5.74) is 3.72. The molecule has 0 bridgehead atoms. The van der Waals surface area contributed by atoms with Crippen molar-refractivity contribution >= 4 is 17.5 Å². The predicted molar refractivity (Wildman–Crippen MR) is 113 cm³/mol. The summed E-state index contributed by atoms with van der Waals surface area (Å²) >= 11 is 0. The van der Waals surface area contributed by atoms with Crippen LogP contribution in [0.4, 0.5) is 10.1 Å². The number of halogens is 1. The van der Waals surface area contributed by atoms with Crippen LogP contribution in [0.3, 0.4) is 0 Å². The van der Waals surface area contributed by atoms with Crippen molar-refractivity contribution in [3.63, 3.8) is 0 Å². The molecule has 0 radical (unpaired) electrons. The average Bonchev–Trinajstić information content (AvgIpc) is 2.74. The van der Waals surface area contributed by atoms with Crippen molar-refractivity contribution in [1.29, 1.82) is 0 Å². The molecule has 0 aliphatic carbocycles. The molecule has 0 unspecified atom stereocenters. The summed E-state index contributed by atoms with van der Waals surface area (Å²) in [6.07, 6.45) is 0. The van der Waals surface area contributed by atoms with Gasteiger partial charge in [0, 0.05) is 29.9 Å². The van der Waals surface area contributed by atoms with E-state index in [1.54, 1.807) is 41.3 Å². The summed E-state index contributed by atoms with van der Waals surface area (Å²) in [6.45, 7) is 4.76. The molecule has 0 atom stereocenters. The smallest absolute Gasteiger partial charge is 0.258 e. The fourth-order valence-corrected chi connectivity index (χ4v) is 3.05. The summed E-state index contributed by atoms with van der Waals surface area (Å²) in [6, 6.07) is 20.4. The van der Waals surface area contributed by atoms with Crippen LogP contribution in [0.15, 0.2) is 72.8 Å². The van der Waals surface area contributed by atoms with Gasteiger partial charge in [0.25, 0.3) is 11.8 Å². The molecule has 0 aliphatic rings. The molecule has 0 saturated carbocycles. The number of hydrogen-bond donors (Lipinski definition) is 1. The van der Waals surface area contributed by atoms with Gasteiger partial charge in [-0.2, -0.15) is 0 Å². The summed E-state index contributed by atoms with van der Waals surface area (Å²) < 4.78 is 12.9. The summed E-state index contributed by atoms with van der Waals surface area (Å²) in [5, 5.41) is 2.79. The van der Waals surface area contributed by atoms with Crippen LogP contribution in [0, 0.1) is 12.7 Å². The van der Waals surface area contributed by atoms with Crippen molar-refractivity contribution in [3.8, 4) is 0 Å². The Morgan fingerprint density at radius 2 is 1.59 bits per heavy atom. The van der Waals surface area contributed by atoms with Gasteiger partial charge in [-0.15, -0.1) is 0 Å². The van der Waals surface area contributed by atoms with Crippen molar-refractivity contribution in [1.82, 2.24) is 5.32 Å². The van der Waals surface area contributed by atoms with E-state index in [1.807, 2.05) is 38.1 Å². The minimum absolute atomic E-state index is 0.114. The number of benzene rings is 3. The van der Waals surface area contributed by atoms with Gasteiger partial charge in [-0.3, -0.25) is 9.59 Å². The Morgan fingerprint density at radius 3 is 2.21 bits per heavy atom. The van der Waals surface area contributed by atoms with Crippen LogP contribution in [0.1, 0.15) is 38.8 Å². The highest BCUT2D eigenvalue weighted by Crippen LogP contribution is 2.19. The van der Waals surface area contributed by atoms with E-state index in [1.165, 1.54) is 12.1 Å².